The van der Waals surface area contributed by atoms with E-state index in [4.69, 9.17) is 0 Å². The van der Waals surface area contributed by atoms with Gasteiger partial charge >= 0.3 is 0 Å². The third-order valence-electron chi connectivity index (χ3n) is 5.98. The fraction of sp³-hybridized carbons (Fsp3) is 0.727. The van der Waals surface area contributed by atoms with Crippen molar-refractivity contribution in [1.82, 2.24) is 10.2 Å². The summed E-state index contributed by atoms with van der Waals surface area (Å²) in [6.45, 7) is 13.3. The molecule has 1 fully saturated rings. The number of rotatable bonds is 5. The summed E-state index contributed by atoms with van der Waals surface area (Å²) in [5, 5.41) is 2.93. The van der Waals surface area contributed by atoms with Gasteiger partial charge in [0.1, 0.15) is 11.9 Å². The van der Waals surface area contributed by atoms with Crippen LogP contribution in [-0.4, -0.2) is 35.8 Å². The normalized spacial score (nSPS) is 26.1. The van der Waals surface area contributed by atoms with Crippen LogP contribution in [0.3, 0.4) is 0 Å². The van der Waals surface area contributed by atoms with Crippen LogP contribution in [0, 0.1) is 29.1 Å². The Labute approximate surface area is 163 Å². The third kappa shape index (κ3) is 5.20. The number of piperidine rings is 1. The topological polar surface area (TPSA) is 49.4 Å². The second-order valence-corrected chi connectivity index (χ2v) is 9.38. The quantitative estimate of drug-likeness (QED) is 0.783. The van der Waals surface area contributed by atoms with E-state index in [2.05, 4.69) is 19.2 Å². The predicted molar refractivity (Wildman–Crippen MR) is 107 cm³/mol. The first kappa shape index (κ1) is 21.6. The van der Waals surface area contributed by atoms with Gasteiger partial charge in [0, 0.05) is 19.0 Å². The smallest absolute Gasteiger partial charge is 0.245 e. The van der Waals surface area contributed by atoms with Crippen molar-refractivity contribution in [1.29, 1.82) is 0 Å². The van der Waals surface area contributed by atoms with E-state index in [1.165, 1.54) is 0 Å². The summed E-state index contributed by atoms with van der Waals surface area (Å²) < 4.78 is 13.3. The summed E-state index contributed by atoms with van der Waals surface area (Å²) >= 11 is 0. The second kappa shape index (κ2) is 8.57. The molecular weight excluding hydrogens is 343 g/mol. The largest absolute Gasteiger partial charge is 0.344 e. The van der Waals surface area contributed by atoms with Crippen LogP contribution in [0.4, 0.5) is 4.39 Å². The molecule has 4 nitrogen and oxygen atoms in total. The van der Waals surface area contributed by atoms with E-state index in [0.717, 1.165) is 12.8 Å². The fourth-order valence-electron chi connectivity index (χ4n) is 4.29. The van der Waals surface area contributed by atoms with Crippen LogP contribution >= 0.6 is 0 Å². The molecule has 0 aromatic heterocycles. The van der Waals surface area contributed by atoms with Crippen molar-refractivity contribution in [2.75, 3.05) is 13.1 Å². The number of amides is 2. The number of carbonyl (C=O) groups excluding carboxylic acids is 2. The molecule has 3 atom stereocenters. The van der Waals surface area contributed by atoms with Crippen LogP contribution < -0.4 is 5.32 Å². The molecule has 1 N–H and O–H groups in total. The Bertz CT molecular complexity index is 622. The molecule has 152 valence electrons. The highest BCUT2D eigenvalue weighted by Crippen LogP contribution is 2.43. The maximum absolute atomic E-state index is 13.3. The summed E-state index contributed by atoms with van der Waals surface area (Å²) in [5.74, 6) is 0.386. The molecule has 2 rings (SSSR count). The lowest BCUT2D eigenvalue weighted by Crippen LogP contribution is -2.57. The van der Waals surface area contributed by atoms with E-state index in [-0.39, 0.29) is 34.9 Å². The van der Waals surface area contributed by atoms with Crippen LogP contribution in [0.25, 0.3) is 0 Å². The van der Waals surface area contributed by atoms with Gasteiger partial charge in [-0.15, -0.1) is 0 Å². The highest BCUT2D eigenvalue weighted by molar-refractivity contribution is 5.88. The zero-order chi connectivity index (χ0) is 20.4. The first-order valence-electron chi connectivity index (χ1n) is 10.2. The number of hydrogen-bond donors (Lipinski definition) is 1. The maximum atomic E-state index is 13.3. The van der Waals surface area contributed by atoms with Crippen LogP contribution in [-0.2, 0) is 9.59 Å². The van der Waals surface area contributed by atoms with E-state index in [1.54, 1.807) is 12.2 Å². The zero-order valence-corrected chi connectivity index (χ0v) is 17.6. The SMILES string of the molecule is CC(C)C(=O)N[C@@H](C(=O)N1CCC(C2C=CC(F)=CC2)C(C)(C)C1)C(C)C. The highest BCUT2D eigenvalue weighted by Gasteiger charge is 2.42. The lowest BCUT2D eigenvalue weighted by molar-refractivity contribution is -0.142. The maximum Gasteiger partial charge on any atom is 0.245 e. The molecule has 2 amide bonds. The number of likely N-dealkylation sites (tertiary alicyclic amines) is 1. The number of halogens is 1. The summed E-state index contributed by atoms with van der Waals surface area (Å²) in [5.41, 5.74) is -0.0613. The molecule has 2 aliphatic rings. The van der Waals surface area contributed by atoms with Gasteiger partial charge in [-0.1, -0.05) is 47.6 Å². The van der Waals surface area contributed by atoms with Crippen LogP contribution in [0.15, 0.2) is 24.1 Å². The van der Waals surface area contributed by atoms with Gasteiger partial charge in [0.15, 0.2) is 0 Å². The van der Waals surface area contributed by atoms with Crippen molar-refractivity contribution in [3.8, 4) is 0 Å². The third-order valence-corrected chi connectivity index (χ3v) is 5.98. The van der Waals surface area contributed by atoms with E-state index in [9.17, 15) is 14.0 Å². The van der Waals surface area contributed by atoms with Crippen molar-refractivity contribution in [3.05, 3.63) is 24.1 Å². The molecule has 1 aliphatic heterocycles. The molecule has 2 unspecified atom stereocenters. The molecule has 1 aliphatic carbocycles. The molecule has 0 aromatic rings. The molecule has 0 bridgehead atoms. The molecular formula is C22H35FN2O2. The monoisotopic (exact) mass is 378 g/mol. The zero-order valence-electron chi connectivity index (χ0n) is 17.6. The molecule has 0 aromatic carbocycles. The molecule has 27 heavy (non-hydrogen) atoms. The second-order valence-electron chi connectivity index (χ2n) is 9.38. The molecule has 0 radical (unpaired) electrons. The number of hydrogen-bond acceptors (Lipinski definition) is 2. The van der Waals surface area contributed by atoms with Crippen LogP contribution in [0.5, 0.6) is 0 Å². The highest BCUT2D eigenvalue weighted by atomic mass is 19.1. The van der Waals surface area contributed by atoms with Gasteiger partial charge in [0.05, 0.1) is 0 Å². The summed E-state index contributed by atoms with van der Waals surface area (Å²) in [6.07, 6.45) is 6.83. The van der Waals surface area contributed by atoms with E-state index < -0.39 is 6.04 Å². The lowest BCUT2D eigenvalue weighted by Gasteiger charge is -2.48. The standard InChI is InChI=1S/C22H35FN2O2/c1-14(2)19(24-20(26)15(3)4)21(27)25-12-11-18(22(5,6)13-25)16-7-9-17(23)10-8-16/h7,9-10,14-16,18-19H,8,11-13H2,1-6H3,(H,24,26)/t16?,18?,19-/m1/s1. The molecule has 1 heterocycles. The summed E-state index contributed by atoms with van der Waals surface area (Å²) in [4.78, 5) is 27.2. The Morgan fingerprint density at radius 1 is 1.26 bits per heavy atom. The van der Waals surface area contributed by atoms with E-state index in [0.29, 0.717) is 24.9 Å². The molecule has 0 spiro atoms. The molecule has 0 saturated carbocycles. The molecule has 5 heteroatoms. The number of nitrogens with one attached hydrogen (secondary N) is 1. The Morgan fingerprint density at radius 3 is 2.41 bits per heavy atom. The Balaban J connectivity index is 2.07. The average Bonchev–Trinajstić information content (AvgIpc) is 2.58. The Kier molecular flexibility index (Phi) is 6.87. The fourth-order valence-corrected chi connectivity index (χ4v) is 4.29. The first-order valence-corrected chi connectivity index (χ1v) is 10.2. The first-order chi connectivity index (χ1) is 12.5. The number of nitrogens with zero attached hydrogens (tertiary/aromatic N) is 1. The van der Waals surface area contributed by atoms with Crippen molar-refractivity contribution in [2.24, 2.45) is 29.1 Å². The number of carbonyl (C=O) groups is 2. The Morgan fingerprint density at radius 2 is 1.93 bits per heavy atom. The molecule has 1 saturated heterocycles. The lowest BCUT2D eigenvalue weighted by atomic mass is 9.66. The minimum atomic E-state index is -0.487. The van der Waals surface area contributed by atoms with Gasteiger partial charge in [0.2, 0.25) is 11.8 Å². The summed E-state index contributed by atoms with van der Waals surface area (Å²) in [6, 6.07) is -0.487. The van der Waals surface area contributed by atoms with E-state index >= 15 is 0 Å². The Hall–Kier alpha value is -1.65. The number of allylic oxidation sites excluding steroid dienone is 4. The van der Waals surface area contributed by atoms with Crippen molar-refractivity contribution < 1.29 is 14.0 Å². The minimum absolute atomic E-state index is 0.00986. The van der Waals surface area contributed by atoms with Gasteiger partial charge in [-0.3, -0.25) is 9.59 Å². The minimum Gasteiger partial charge on any atom is -0.344 e. The van der Waals surface area contributed by atoms with Crippen molar-refractivity contribution in [2.45, 2.75) is 60.4 Å². The predicted octanol–water partition coefficient (Wildman–Crippen LogP) is 4.09. The van der Waals surface area contributed by atoms with Crippen LogP contribution in [0.1, 0.15) is 54.4 Å². The summed E-state index contributed by atoms with van der Waals surface area (Å²) in [7, 11) is 0. The average molecular weight is 379 g/mol. The van der Waals surface area contributed by atoms with E-state index in [1.807, 2.05) is 38.7 Å². The van der Waals surface area contributed by atoms with Crippen molar-refractivity contribution >= 4 is 11.8 Å². The van der Waals surface area contributed by atoms with Gasteiger partial charge in [-0.05, 0) is 48.2 Å². The van der Waals surface area contributed by atoms with Gasteiger partial charge < -0.3 is 10.2 Å². The van der Waals surface area contributed by atoms with Gasteiger partial charge in [-0.2, -0.15) is 0 Å². The van der Waals surface area contributed by atoms with Crippen LogP contribution in [0.2, 0.25) is 0 Å². The van der Waals surface area contributed by atoms with Crippen molar-refractivity contribution in [3.63, 3.8) is 0 Å². The van der Waals surface area contributed by atoms with Gasteiger partial charge in [0.25, 0.3) is 0 Å². The van der Waals surface area contributed by atoms with Gasteiger partial charge in [-0.25, -0.2) is 4.39 Å².